The number of fused-ring (bicyclic) bond motifs is 1. The Kier molecular flexibility index (Phi) is 4.27. The molecule has 9 heteroatoms. The molecule has 0 radical (unpaired) electrons. The van der Waals surface area contributed by atoms with E-state index >= 15 is 0 Å². The van der Waals surface area contributed by atoms with E-state index in [0.29, 0.717) is 30.6 Å². The summed E-state index contributed by atoms with van der Waals surface area (Å²) in [7, 11) is 0. The van der Waals surface area contributed by atoms with Crippen LogP contribution in [0.4, 0.5) is 4.79 Å². The Morgan fingerprint density at radius 3 is 3.08 bits per heavy atom. The van der Waals surface area contributed by atoms with Gasteiger partial charge in [0.05, 0.1) is 12.0 Å². The van der Waals surface area contributed by atoms with Crippen LogP contribution < -0.4 is 5.32 Å². The molecule has 0 spiro atoms. The summed E-state index contributed by atoms with van der Waals surface area (Å²) in [5.41, 5.74) is 0.758. The van der Waals surface area contributed by atoms with Crippen LogP contribution in [0.3, 0.4) is 0 Å². The minimum Gasteiger partial charge on any atom is -0.339 e. The van der Waals surface area contributed by atoms with E-state index in [2.05, 4.69) is 25.7 Å². The highest BCUT2D eigenvalue weighted by Gasteiger charge is 2.29. The average molecular weight is 355 g/mol. The molecule has 2 unspecified atom stereocenters. The van der Waals surface area contributed by atoms with E-state index in [0.717, 1.165) is 18.5 Å². The van der Waals surface area contributed by atoms with Crippen LogP contribution in [-0.2, 0) is 0 Å². The standard InChI is InChI=1S/C17H21N7O2/c1-11(15-21-20-14-7-3-4-9-24(14)15)18-17(25)23-8-5-6-13(10-23)16-19-12(2)22-26-16/h3-4,7,9,11,13H,5-6,8,10H2,1-2H3,(H,18,25). The molecule has 2 amide bonds. The number of nitrogens with one attached hydrogen (secondary N) is 1. The largest absolute Gasteiger partial charge is 0.339 e. The molecule has 4 rings (SSSR count). The lowest BCUT2D eigenvalue weighted by molar-refractivity contribution is 0.169. The van der Waals surface area contributed by atoms with Gasteiger partial charge in [0.2, 0.25) is 5.89 Å². The Bertz CT molecular complexity index is 919. The number of nitrogens with zero attached hydrogens (tertiary/aromatic N) is 6. The van der Waals surface area contributed by atoms with Gasteiger partial charge in [-0.2, -0.15) is 4.98 Å². The number of aryl methyl sites for hydroxylation is 1. The fraction of sp³-hybridized carbons (Fsp3) is 0.471. The summed E-state index contributed by atoms with van der Waals surface area (Å²) in [6.45, 7) is 4.98. The van der Waals surface area contributed by atoms with Crippen LogP contribution in [-0.4, -0.2) is 48.8 Å². The highest BCUT2D eigenvalue weighted by molar-refractivity contribution is 5.74. The van der Waals surface area contributed by atoms with Gasteiger partial charge in [0.1, 0.15) is 0 Å². The third-order valence-electron chi connectivity index (χ3n) is 4.67. The second-order valence-corrected chi connectivity index (χ2v) is 6.62. The Hall–Kier alpha value is -2.97. The lowest BCUT2D eigenvalue weighted by Crippen LogP contribution is -2.45. The molecule has 0 bridgehead atoms. The number of hydrogen-bond donors (Lipinski definition) is 1. The summed E-state index contributed by atoms with van der Waals surface area (Å²) >= 11 is 0. The molecule has 1 saturated heterocycles. The number of urea groups is 1. The fourth-order valence-corrected chi connectivity index (χ4v) is 3.34. The number of aromatic nitrogens is 5. The number of likely N-dealkylation sites (tertiary alicyclic amines) is 1. The van der Waals surface area contributed by atoms with Gasteiger partial charge in [-0.3, -0.25) is 4.40 Å². The Morgan fingerprint density at radius 2 is 2.27 bits per heavy atom. The lowest BCUT2D eigenvalue weighted by Gasteiger charge is -2.31. The maximum Gasteiger partial charge on any atom is 0.318 e. The molecule has 3 aromatic heterocycles. The molecule has 2 atom stereocenters. The van der Waals surface area contributed by atoms with Gasteiger partial charge in [-0.1, -0.05) is 11.2 Å². The second-order valence-electron chi connectivity index (χ2n) is 6.62. The highest BCUT2D eigenvalue weighted by atomic mass is 16.5. The number of piperidine rings is 1. The third-order valence-corrected chi connectivity index (χ3v) is 4.67. The number of rotatable bonds is 3. The molecule has 4 heterocycles. The van der Waals surface area contributed by atoms with Crippen molar-refractivity contribution in [3.05, 3.63) is 41.9 Å². The Morgan fingerprint density at radius 1 is 1.38 bits per heavy atom. The van der Waals surface area contributed by atoms with E-state index in [4.69, 9.17) is 4.52 Å². The molecular weight excluding hydrogens is 334 g/mol. The van der Waals surface area contributed by atoms with Crippen LogP contribution in [0.25, 0.3) is 5.65 Å². The van der Waals surface area contributed by atoms with Gasteiger partial charge >= 0.3 is 6.03 Å². The van der Waals surface area contributed by atoms with Gasteiger partial charge in [0.15, 0.2) is 17.3 Å². The molecule has 0 aromatic carbocycles. The van der Waals surface area contributed by atoms with Crippen molar-refractivity contribution in [2.75, 3.05) is 13.1 Å². The summed E-state index contributed by atoms with van der Waals surface area (Å²) in [6, 6.07) is 5.32. The maximum absolute atomic E-state index is 12.7. The number of amides is 2. The van der Waals surface area contributed by atoms with Crippen LogP contribution in [0.15, 0.2) is 28.9 Å². The number of pyridine rings is 1. The zero-order valence-corrected chi connectivity index (χ0v) is 14.8. The van der Waals surface area contributed by atoms with E-state index in [1.165, 1.54) is 0 Å². The topological polar surface area (TPSA) is 101 Å². The van der Waals surface area contributed by atoms with Crippen molar-refractivity contribution >= 4 is 11.7 Å². The van der Waals surface area contributed by atoms with E-state index in [1.807, 2.05) is 35.7 Å². The molecule has 3 aromatic rings. The van der Waals surface area contributed by atoms with E-state index < -0.39 is 0 Å². The summed E-state index contributed by atoms with van der Waals surface area (Å²) < 4.78 is 7.16. The summed E-state index contributed by atoms with van der Waals surface area (Å²) in [5, 5.41) is 15.2. The predicted octanol–water partition coefficient (Wildman–Crippen LogP) is 2.07. The first kappa shape index (κ1) is 16.5. The average Bonchev–Trinajstić information content (AvgIpc) is 3.28. The third kappa shape index (κ3) is 3.12. The molecule has 1 aliphatic heterocycles. The molecule has 1 aliphatic rings. The van der Waals surface area contributed by atoms with Gasteiger partial charge in [0, 0.05) is 19.3 Å². The van der Waals surface area contributed by atoms with Gasteiger partial charge in [0.25, 0.3) is 0 Å². The first-order valence-electron chi connectivity index (χ1n) is 8.77. The van der Waals surface area contributed by atoms with Crippen molar-refractivity contribution in [2.45, 2.75) is 38.6 Å². The minimum atomic E-state index is -0.258. The lowest BCUT2D eigenvalue weighted by atomic mass is 9.98. The van der Waals surface area contributed by atoms with Crippen molar-refractivity contribution in [3.8, 4) is 0 Å². The van der Waals surface area contributed by atoms with Crippen molar-refractivity contribution < 1.29 is 9.32 Å². The normalized spacial score (nSPS) is 18.8. The van der Waals surface area contributed by atoms with Crippen molar-refractivity contribution in [1.29, 1.82) is 0 Å². The Labute approximate surface area is 150 Å². The summed E-state index contributed by atoms with van der Waals surface area (Å²) in [5.74, 6) is 2.01. The smallest absolute Gasteiger partial charge is 0.318 e. The number of hydrogen-bond acceptors (Lipinski definition) is 6. The SMILES string of the molecule is Cc1noc(C2CCCN(C(=O)NC(C)c3nnc4ccccn34)C2)n1. The van der Waals surface area contributed by atoms with Gasteiger partial charge in [-0.15, -0.1) is 10.2 Å². The molecule has 0 saturated carbocycles. The van der Waals surface area contributed by atoms with Crippen LogP contribution in [0.1, 0.15) is 49.3 Å². The Balaban J connectivity index is 1.44. The highest BCUT2D eigenvalue weighted by Crippen LogP contribution is 2.26. The molecule has 1 fully saturated rings. The summed E-state index contributed by atoms with van der Waals surface area (Å²) in [6.07, 6.45) is 3.74. The molecule has 9 nitrogen and oxygen atoms in total. The fourth-order valence-electron chi connectivity index (χ4n) is 3.34. The van der Waals surface area contributed by atoms with Crippen molar-refractivity contribution in [1.82, 2.24) is 35.0 Å². The van der Waals surface area contributed by atoms with Gasteiger partial charge in [-0.05, 0) is 38.8 Å². The molecular formula is C17H21N7O2. The first-order valence-corrected chi connectivity index (χ1v) is 8.77. The second kappa shape index (κ2) is 6.74. The van der Waals surface area contributed by atoms with Crippen molar-refractivity contribution in [2.24, 2.45) is 0 Å². The van der Waals surface area contributed by atoms with Crippen LogP contribution in [0.2, 0.25) is 0 Å². The minimum absolute atomic E-state index is 0.0833. The van der Waals surface area contributed by atoms with E-state index in [1.54, 1.807) is 11.8 Å². The van der Waals surface area contributed by atoms with Crippen molar-refractivity contribution in [3.63, 3.8) is 0 Å². The maximum atomic E-state index is 12.7. The van der Waals surface area contributed by atoms with E-state index in [9.17, 15) is 4.79 Å². The number of carbonyl (C=O) groups excluding carboxylic acids is 1. The first-order chi connectivity index (χ1) is 12.6. The van der Waals surface area contributed by atoms with Gasteiger partial charge < -0.3 is 14.7 Å². The molecule has 26 heavy (non-hydrogen) atoms. The van der Waals surface area contributed by atoms with Crippen LogP contribution in [0, 0.1) is 6.92 Å². The summed E-state index contributed by atoms with van der Waals surface area (Å²) in [4.78, 5) is 18.8. The molecule has 136 valence electrons. The molecule has 1 N–H and O–H groups in total. The monoisotopic (exact) mass is 355 g/mol. The molecule has 0 aliphatic carbocycles. The van der Waals surface area contributed by atoms with Crippen LogP contribution >= 0.6 is 0 Å². The predicted molar refractivity (Wildman–Crippen MR) is 92.5 cm³/mol. The number of carbonyl (C=O) groups is 1. The van der Waals surface area contributed by atoms with E-state index in [-0.39, 0.29) is 18.0 Å². The zero-order valence-electron chi connectivity index (χ0n) is 14.8. The zero-order chi connectivity index (χ0) is 18.1. The van der Waals surface area contributed by atoms with Crippen LogP contribution in [0.5, 0.6) is 0 Å². The van der Waals surface area contributed by atoms with Gasteiger partial charge in [-0.25, -0.2) is 4.79 Å². The quantitative estimate of drug-likeness (QED) is 0.772.